The first-order valence-electron chi connectivity index (χ1n) is 4.07. The molecule has 7 nitrogen and oxygen atoms in total. The third kappa shape index (κ3) is 1.62. The molecule has 7 heteroatoms. The van der Waals surface area contributed by atoms with E-state index in [1.165, 1.54) is 0 Å². The smallest absolute Gasteiger partial charge is 0.358 e. The van der Waals surface area contributed by atoms with Gasteiger partial charge in [0.25, 0.3) is 0 Å². The molecule has 0 unspecified atom stereocenters. The molecule has 0 fully saturated rings. The summed E-state index contributed by atoms with van der Waals surface area (Å²) in [6.45, 7) is 0. The monoisotopic (exact) mass is 206 g/mol. The highest BCUT2D eigenvalue weighted by Crippen LogP contribution is 2.04. The number of H-pyrrole nitrogens is 1. The molecule has 0 aliphatic carbocycles. The molecule has 0 saturated carbocycles. The van der Waals surface area contributed by atoms with Crippen LogP contribution in [0.25, 0.3) is 5.69 Å². The fourth-order valence-corrected chi connectivity index (χ4v) is 1.12. The topological polar surface area (TPSA) is 93.8 Å². The fourth-order valence-electron chi connectivity index (χ4n) is 1.12. The predicted octanol–water partition coefficient (Wildman–Crippen LogP) is 0.469. The van der Waals surface area contributed by atoms with Gasteiger partial charge in [-0.3, -0.25) is 4.79 Å². The van der Waals surface area contributed by atoms with Crippen molar-refractivity contribution in [1.29, 1.82) is 0 Å². The van der Waals surface area contributed by atoms with Crippen molar-refractivity contribution < 1.29 is 4.92 Å². The Bertz CT molecular complexity index is 543. The number of nitrogens with one attached hydrogen (secondary N) is 1. The van der Waals surface area contributed by atoms with E-state index < -0.39 is 16.3 Å². The molecule has 0 amide bonds. The van der Waals surface area contributed by atoms with Crippen LogP contribution in [-0.4, -0.2) is 19.9 Å². The van der Waals surface area contributed by atoms with Crippen LogP contribution in [0.15, 0.2) is 35.1 Å². The third-order valence-electron chi connectivity index (χ3n) is 1.78. The average Bonchev–Trinajstić information content (AvgIpc) is 2.62. The molecular formula is C8H6N4O3. The van der Waals surface area contributed by atoms with Gasteiger partial charge in [-0.1, -0.05) is 23.0 Å². The second kappa shape index (κ2) is 3.37. The molecule has 1 aromatic heterocycles. The molecule has 0 atom stereocenters. The standard InChI is InChI=1S/C8H6N4O3/c13-8-7(12(14)15)9-11(10-8)6-4-2-1-3-5-6/h1-5H,(H,10,13). The Labute approximate surface area is 83.1 Å². The summed E-state index contributed by atoms with van der Waals surface area (Å²) in [6.07, 6.45) is 0. The quantitative estimate of drug-likeness (QED) is 0.570. The summed E-state index contributed by atoms with van der Waals surface area (Å²) in [5.74, 6) is -0.709. The molecule has 1 aromatic carbocycles. The van der Waals surface area contributed by atoms with Gasteiger partial charge >= 0.3 is 11.4 Å². The Hall–Kier alpha value is -2.44. The number of para-hydroxylation sites is 1. The summed E-state index contributed by atoms with van der Waals surface area (Å²) in [5.41, 5.74) is -0.258. The Kier molecular flexibility index (Phi) is 2.05. The molecule has 0 aliphatic rings. The molecule has 0 aliphatic heterocycles. The number of aromatic nitrogens is 3. The SMILES string of the molecule is O=c1[nH]n(-c2ccccc2)nc1[N+](=O)[O-]. The lowest BCUT2D eigenvalue weighted by Crippen LogP contribution is -2.06. The van der Waals surface area contributed by atoms with E-state index in [9.17, 15) is 14.9 Å². The molecule has 0 radical (unpaired) electrons. The number of aromatic amines is 1. The number of rotatable bonds is 2. The summed E-state index contributed by atoms with van der Waals surface area (Å²) in [5, 5.41) is 16.2. The fraction of sp³-hybridized carbons (Fsp3) is 0. The van der Waals surface area contributed by atoms with E-state index in [0.29, 0.717) is 5.69 Å². The molecule has 2 rings (SSSR count). The average molecular weight is 206 g/mol. The van der Waals surface area contributed by atoms with Gasteiger partial charge in [0, 0.05) is 0 Å². The highest BCUT2D eigenvalue weighted by Gasteiger charge is 2.19. The molecule has 1 N–H and O–H groups in total. The third-order valence-corrected chi connectivity index (χ3v) is 1.78. The lowest BCUT2D eigenvalue weighted by atomic mass is 10.3. The second-order valence-corrected chi connectivity index (χ2v) is 2.77. The largest absolute Gasteiger partial charge is 0.457 e. The zero-order chi connectivity index (χ0) is 10.8. The molecule has 1 heterocycles. The van der Waals surface area contributed by atoms with E-state index in [1.807, 2.05) is 0 Å². The van der Waals surface area contributed by atoms with Crippen LogP contribution in [0.2, 0.25) is 0 Å². The Morgan fingerprint density at radius 1 is 1.33 bits per heavy atom. The lowest BCUT2D eigenvalue weighted by Gasteiger charge is -1.92. The molecular weight excluding hydrogens is 200 g/mol. The summed E-state index contributed by atoms with van der Waals surface area (Å²) in [6, 6.07) is 8.61. The highest BCUT2D eigenvalue weighted by molar-refractivity contribution is 5.29. The van der Waals surface area contributed by atoms with Crippen molar-refractivity contribution in [1.82, 2.24) is 15.0 Å². The highest BCUT2D eigenvalue weighted by atomic mass is 16.6. The van der Waals surface area contributed by atoms with E-state index in [4.69, 9.17) is 0 Å². The Morgan fingerprint density at radius 3 is 2.53 bits per heavy atom. The van der Waals surface area contributed by atoms with Gasteiger partial charge in [-0.15, -0.1) is 0 Å². The van der Waals surface area contributed by atoms with Crippen LogP contribution < -0.4 is 5.56 Å². The summed E-state index contributed by atoms with van der Waals surface area (Å²) < 4.78 is 0. The number of hydrogen-bond acceptors (Lipinski definition) is 4. The van der Waals surface area contributed by atoms with Gasteiger partial charge in [0.05, 0.1) is 5.10 Å². The van der Waals surface area contributed by atoms with Crippen molar-refractivity contribution in [3.8, 4) is 5.69 Å². The van der Waals surface area contributed by atoms with Crippen molar-refractivity contribution in [3.63, 3.8) is 0 Å². The molecule has 0 bridgehead atoms. The number of hydrogen-bond donors (Lipinski definition) is 1. The van der Waals surface area contributed by atoms with Crippen molar-refractivity contribution in [2.24, 2.45) is 0 Å². The van der Waals surface area contributed by atoms with Gasteiger partial charge in [0.1, 0.15) is 5.69 Å². The van der Waals surface area contributed by atoms with Gasteiger partial charge in [0.15, 0.2) is 0 Å². The number of benzene rings is 1. The molecule has 15 heavy (non-hydrogen) atoms. The summed E-state index contributed by atoms with van der Waals surface area (Å²) in [7, 11) is 0. The summed E-state index contributed by atoms with van der Waals surface area (Å²) >= 11 is 0. The van der Waals surface area contributed by atoms with E-state index >= 15 is 0 Å². The van der Waals surface area contributed by atoms with Crippen LogP contribution in [0.5, 0.6) is 0 Å². The zero-order valence-corrected chi connectivity index (χ0v) is 7.45. The predicted molar refractivity (Wildman–Crippen MR) is 50.8 cm³/mol. The maximum atomic E-state index is 11.1. The zero-order valence-electron chi connectivity index (χ0n) is 7.45. The van der Waals surface area contributed by atoms with Crippen molar-refractivity contribution >= 4 is 5.82 Å². The van der Waals surface area contributed by atoms with Crippen LogP contribution in [0.1, 0.15) is 0 Å². The Morgan fingerprint density at radius 2 is 2.00 bits per heavy atom. The maximum Gasteiger partial charge on any atom is 0.457 e. The molecule has 2 aromatic rings. The van der Waals surface area contributed by atoms with Crippen LogP contribution in [-0.2, 0) is 0 Å². The first-order valence-corrected chi connectivity index (χ1v) is 4.07. The first-order chi connectivity index (χ1) is 7.18. The number of nitro groups is 1. The van der Waals surface area contributed by atoms with Gasteiger partial charge in [-0.25, -0.2) is 5.10 Å². The van der Waals surface area contributed by atoms with Crippen molar-refractivity contribution in [3.05, 3.63) is 50.8 Å². The van der Waals surface area contributed by atoms with Gasteiger partial charge in [0.2, 0.25) is 0 Å². The maximum absolute atomic E-state index is 11.1. The molecule has 0 spiro atoms. The van der Waals surface area contributed by atoms with Gasteiger partial charge in [-0.2, -0.15) is 0 Å². The molecule has 0 saturated heterocycles. The minimum absolute atomic E-state index is 0.558. The van der Waals surface area contributed by atoms with Crippen LogP contribution >= 0.6 is 0 Å². The van der Waals surface area contributed by atoms with E-state index in [0.717, 1.165) is 4.80 Å². The van der Waals surface area contributed by atoms with Crippen molar-refractivity contribution in [2.75, 3.05) is 0 Å². The summed E-state index contributed by atoms with van der Waals surface area (Å²) in [4.78, 5) is 21.7. The first kappa shape index (κ1) is 9.13. The van der Waals surface area contributed by atoms with E-state index in [1.54, 1.807) is 30.3 Å². The Balaban J connectivity index is 2.53. The minimum atomic E-state index is -0.821. The van der Waals surface area contributed by atoms with E-state index in [-0.39, 0.29) is 0 Å². The van der Waals surface area contributed by atoms with Crippen LogP contribution in [0.3, 0.4) is 0 Å². The second-order valence-electron chi connectivity index (χ2n) is 2.77. The van der Waals surface area contributed by atoms with Crippen LogP contribution in [0, 0.1) is 10.1 Å². The van der Waals surface area contributed by atoms with Gasteiger partial charge in [-0.05, 0) is 17.1 Å². The lowest BCUT2D eigenvalue weighted by molar-refractivity contribution is -0.390. The van der Waals surface area contributed by atoms with Crippen molar-refractivity contribution in [2.45, 2.75) is 0 Å². The van der Waals surface area contributed by atoms with Crippen LogP contribution in [0.4, 0.5) is 5.82 Å². The number of nitrogens with zero attached hydrogens (tertiary/aromatic N) is 3. The molecule has 76 valence electrons. The van der Waals surface area contributed by atoms with E-state index in [2.05, 4.69) is 10.2 Å². The normalized spacial score (nSPS) is 10.1. The van der Waals surface area contributed by atoms with Gasteiger partial charge < -0.3 is 10.1 Å². The minimum Gasteiger partial charge on any atom is -0.358 e.